The van der Waals surface area contributed by atoms with E-state index in [0.29, 0.717) is 5.82 Å². The quantitative estimate of drug-likeness (QED) is 0.217. The molecule has 0 amide bonds. The van der Waals surface area contributed by atoms with Crippen molar-refractivity contribution in [3.63, 3.8) is 0 Å². The maximum atomic E-state index is 5.26. The van der Waals surface area contributed by atoms with Gasteiger partial charge in [0.2, 0.25) is 0 Å². The molecule has 208 valence electrons. The zero-order chi connectivity index (χ0) is 29.4. The number of benzene rings is 5. The summed E-state index contributed by atoms with van der Waals surface area (Å²) in [6.45, 7) is 10.7. The molecule has 3 heterocycles. The van der Waals surface area contributed by atoms with Gasteiger partial charge >= 0.3 is 0 Å². The van der Waals surface area contributed by atoms with Gasteiger partial charge in [0, 0.05) is 33.2 Å². The van der Waals surface area contributed by atoms with E-state index in [1.54, 1.807) is 0 Å². The second kappa shape index (κ2) is 9.40. The van der Waals surface area contributed by atoms with Crippen LogP contribution in [0.5, 0.6) is 0 Å². The lowest BCUT2D eigenvalue weighted by molar-refractivity contribution is 0.993. The molecule has 4 heteroatoms. The largest absolute Gasteiger partial charge is 0.294 e. The maximum Gasteiger partial charge on any atom is 0.163 e. The standard InChI is InChI=1S/C39H32N4/c1-23-6-12-28(13-7-23)39-40-37(42-33-14-8-24(2)18-29(33)30-19-25(3)9-15-34(30)42)22-38(41-39)43-35-16-10-26(4)20-31(35)32-21-27(5)11-17-36(32)43/h6-22H,1-5H3. The van der Waals surface area contributed by atoms with Crippen LogP contribution in [0.3, 0.4) is 0 Å². The van der Waals surface area contributed by atoms with Gasteiger partial charge in [-0.05, 0) is 83.1 Å². The highest BCUT2D eigenvalue weighted by molar-refractivity contribution is 6.11. The molecule has 0 atom stereocenters. The summed E-state index contributed by atoms with van der Waals surface area (Å²) >= 11 is 0. The van der Waals surface area contributed by atoms with Crippen LogP contribution in [0.4, 0.5) is 0 Å². The molecule has 0 radical (unpaired) electrons. The third kappa shape index (κ3) is 4.05. The van der Waals surface area contributed by atoms with E-state index in [1.165, 1.54) is 49.4 Å². The van der Waals surface area contributed by atoms with Crippen LogP contribution in [0.15, 0.2) is 103 Å². The molecule has 8 aromatic rings. The van der Waals surface area contributed by atoms with Crippen LogP contribution in [-0.4, -0.2) is 19.1 Å². The molecule has 3 aromatic heterocycles. The zero-order valence-electron chi connectivity index (χ0n) is 25.1. The Labute approximate surface area is 250 Å². The Morgan fingerprint density at radius 2 is 0.698 bits per heavy atom. The molecule has 0 saturated carbocycles. The van der Waals surface area contributed by atoms with Crippen LogP contribution < -0.4 is 0 Å². The van der Waals surface area contributed by atoms with Gasteiger partial charge in [0.15, 0.2) is 5.82 Å². The van der Waals surface area contributed by atoms with Gasteiger partial charge in [-0.25, -0.2) is 9.97 Å². The summed E-state index contributed by atoms with van der Waals surface area (Å²) in [6.07, 6.45) is 0. The lowest BCUT2D eigenvalue weighted by Gasteiger charge is -2.14. The van der Waals surface area contributed by atoms with E-state index in [9.17, 15) is 0 Å². The smallest absolute Gasteiger partial charge is 0.163 e. The first-order chi connectivity index (χ1) is 20.8. The van der Waals surface area contributed by atoms with Crippen molar-refractivity contribution in [3.05, 3.63) is 131 Å². The van der Waals surface area contributed by atoms with Crippen molar-refractivity contribution < 1.29 is 0 Å². The number of hydrogen-bond donors (Lipinski definition) is 0. The van der Waals surface area contributed by atoms with Crippen molar-refractivity contribution in [3.8, 4) is 23.0 Å². The molecule has 0 aliphatic heterocycles. The predicted octanol–water partition coefficient (Wildman–Crippen LogP) is 9.88. The van der Waals surface area contributed by atoms with E-state index >= 15 is 0 Å². The van der Waals surface area contributed by atoms with Crippen LogP contribution in [0.2, 0.25) is 0 Å². The minimum absolute atomic E-state index is 0.705. The Bertz CT molecular complexity index is 2120. The summed E-state index contributed by atoms with van der Waals surface area (Å²) in [6, 6.07) is 37.4. The van der Waals surface area contributed by atoms with E-state index in [2.05, 4.69) is 147 Å². The first kappa shape index (κ1) is 25.5. The number of nitrogens with zero attached hydrogens (tertiary/aromatic N) is 4. The van der Waals surface area contributed by atoms with E-state index < -0.39 is 0 Å². The topological polar surface area (TPSA) is 35.6 Å². The van der Waals surface area contributed by atoms with Gasteiger partial charge in [-0.2, -0.15) is 0 Å². The molecule has 5 aromatic carbocycles. The molecule has 8 rings (SSSR count). The van der Waals surface area contributed by atoms with E-state index in [0.717, 1.165) is 39.3 Å². The Hall–Kier alpha value is -5.22. The number of aromatic nitrogens is 4. The highest BCUT2D eigenvalue weighted by Gasteiger charge is 2.19. The number of fused-ring (bicyclic) bond motifs is 6. The maximum absolute atomic E-state index is 5.26. The Kier molecular flexibility index (Phi) is 5.57. The Morgan fingerprint density at radius 3 is 1.05 bits per heavy atom. The Morgan fingerprint density at radius 1 is 0.372 bits per heavy atom. The van der Waals surface area contributed by atoms with Crippen molar-refractivity contribution in [1.82, 2.24) is 19.1 Å². The summed E-state index contributed by atoms with van der Waals surface area (Å²) in [5.74, 6) is 2.40. The van der Waals surface area contributed by atoms with Gasteiger partial charge in [-0.1, -0.05) is 76.3 Å². The van der Waals surface area contributed by atoms with Crippen molar-refractivity contribution in [1.29, 1.82) is 0 Å². The Balaban J connectivity index is 1.50. The minimum Gasteiger partial charge on any atom is -0.294 e. The van der Waals surface area contributed by atoms with Gasteiger partial charge in [-0.3, -0.25) is 9.13 Å². The molecule has 0 fully saturated rings. The summed E-state index contributed by atoms with van der Waals surface area (Å²) < 4.78 is 4.60. The monoisotopic (exact) mass is 556 g/mol. The first-order valence-electron chi connectivity index (χ1n) is 14.8. The molecule has 0 aliphatic rings. The van der Waals surface area contributed by atoms with E-state index in [1.807, 2.05) is 0 Å². The van der Waals surface area contributed by atoms with Crippen LogP contribution in [0.1, 0.15) is 27.8 Å². The number of aryl methyl sites for hydroxylation is 5. The fourth-order valence-electron chi connectivity index (χ4n) is 6.48. The second-order valence-corrected chi connectivity index (χ2v) is 12.0. The molecule has 4 nitrogen and oxygen atoms in total. The molecule has 0 saturated heterocycles. The molecular weight excluding hydrogens is 524 g/mol. The molecule has 0 spiro atoms. The lowest BCUT2D eigenvalue weighted by Crippen LogP contribution is -2.06. The van der Waals surface area contributed by atoms with E-state index in [4.69, 9.17) is 9.97 Å². The zero-order valence-corrected chi connectivity index (χ0v) is 25.1. The molecular formula is C39H32N4. The van der Waals surface area contributed by atoms with Crippen molar-refractivity contribution in [2.45, 2.75) is 34.6 Å². The summed E-state index contributed by atoms with van der Waals surface area (Å²) in [4.78, 5) is 10.5. The van der Waals surface area contributed by atoms with Gasteiger partial charge in [0.1, 0.15) is 11.6 Å². The van der Waals surface area contributed by atoms with Crippen molar-refractivity contribution >= 4 is 43.6 Å². The summed E-state index contributed by atoms with van der Waals surface area (Å²) in [7, 11) is 0. The minimum atomic E-state index is 0.705. The molecule has 0 aliphatic carbocycles. The van der Waals surface area contributed by atoms with Crippen LogP contribution in [0.25, 0.3) is 66.6 Å². The highest BCUT2D eigenvalue weighted by atomic mass is 15.1. The molecule has 0 N–H and O–H groups in total. The third-order valence-electron chi connectivity index (χ3n) is 8.62. The van der Waals surface area contributed by atoms with Crippen LogP contribution in [-0.2, 0) is 0 Å². The molecule has 43 heavy (non-hydrogen) atoms. The highest BCUT2D eigenvalue weighted by Crippen LogP contribution is 2.36. The normalized spacial score (nSPS) is 11.8. The van der Waals surface area contributed by atoms with E-state index in [-0.39, 0.29) is 0 Å². The third-order valence-corrected chi connectivity index (χ3v) is 8.62. The second-order valence-electron chi connectivity index (χ2n) is 12.0. The average molecular weight is 557 g/mol. The summed E-state index contributed by atoms with van der Waals surface area (Å²) in [5, 5.41) is 4.94. The number of rotatable bonds is 3. The predicted molar refractivity (Wildman–Crippen MR) is 180 cm³/mol. The van der Waals surface area contributed by atoms with Crippen LogP contribution in [0, 0.1) is 34.6 Å². The SMILES string of the molecule is Cc1ccc(-c2nc(-n3c4ccc(C)cc4c4cc(C)ccc43)cc(-n3c4ccc(C)cc4c4cc(C)ccc43)n2)cc1. The number of hydrogen-bond acceptors (Lipinski definition) is 2. The van der Waals surface area contributed by atoms with Gasteiger partial charge in [0.25, 0.3) is 0 Å². The van der Waals surface area contributed by atoms with Gasteiger partial charge in [0.05, 0.1) is 22.1 Å². The van der Waals surface area contributed by atoms with Gasteiger partial charge < -0.3 is 0 Å². The lowest BCUT2D eigenvalue weighted by atomic mass is 10.1. The fourth-order valence-corrected chi connectivity index (χ4v) is 6.48. The van der Waals surface area contributed by atoms with Crippen molar-refractivity contribution in [2.75, 3.05) is 0 Å². The molecule has 0 bridgehead atoms. The van der Waals surface area contributed by atoms with Crippen LogP contribution >= 0.6 is 0 Å². The fraction of sp³-hybridized carbons (Fsp3) is 0.128. The average Bonchev–Trinajstić information content (AvgIpc) is 3.48. The van der Waals surface area contributed by atoms with Gasteiger partial charge in [-0.15, -0.1) is 0 Å². The summed E-state index contributed by atoms with van der Waals surface area (Å²) in [5.41, 5.74) is 11.7. The first-order valence-corrected chi connectivity index (χ1v) is 14.8. The molecule has 0 unspecified atom stereocenters. The van der Waals surface area contributed by atoms with Crippen molar-refractivity contribution in [2.24, 2.45) is 0 Å².